The maximum absolute atomic E-state index is 12.3. The largest absolute Gasteiger partial charge is 0.368 e. The van der Waals surface area contributed by atoms with Crippen LogP contribution in [0.3, 0.4) is 0 Å². The Balaban J connectivity index is 1.70. The molecule has 0 aromatic carbocycles. The van der Waals surface area contributed by atoms with Gasteiger partial charge in [-0.05, 0) is 38.3 Å². The number of nitrogens with zero attached hydrogens (tertiary/aromatic N) is 4. The molecule has 1 saturated heterocycles. The molecular formula is C15H25N5O. The summed E-state index contributed by atoms with van der Waals surface area (Å²) in [5, 5.41) is 4.39. The molecule has 2 heterocycles. The first-order valence-corrected chi connectivity index (χ1v) is 7.83. The molecule has 1 saturated carbocycles. The van der Waals surface area contributed by atoms with Gasteiger partial charge in [-0.15, -0.1) is 0 Å². The zero-order chi connectivity index (χ0) is 14.9. The molecule has 116 valence electrons. The minimum atomic E-state index is 0.00900. The number of nitrogens with two attached hydrogens (primary N) is 1. The summed E-state index contributed by atoms with van der Waals surface area (Å²) in [6, 6.07) is 1.73. The third-order valence-corrected chi connectivity index (χ3v) is 4.84. The lowest BCUT2D eigenvalue weighted by Crippen LogP contribution is -2.45. The molecule has 2 N–H and O–H groups in total. The highest BCUT2D eigenvalue weighted by Crippen LogP contribution is 2.49. The quantitative estimate of drug-likeness (QED) is 0.835. The predicted octanol–water partition coefficient (Wildman–Crippen LogP) is 0.124. The van der Waals surface area contributed by atoms with Crippen LogP contribution in [0.1, 0.15) is 19.3 Å². The van der Waals surface area contributed by atoms with Gasteiger partial charge in [-0.3, -0.25) is 4.79 Å². The fourth-order valence-electron chi connectivity index (χ4n) is 3.07. The number of hydrogen-bond donors (Lipinski definition) is 1. The SMILES string of the molecule is CN1CCN(c2cnn(CC3(CCN)CC3)c(=O)c2)CC1. The third kappa shape index (κ3) is 3.27. The van der Waals surface area contributed by atoms with Crippen molar-refractivity contribution in [3.8, 4) is 0 Å². The minimum Gasteiger partial charge on any atom is -0.368 e. The average molecular weight is 291 g/mol. The molecule has 0 atom stereocenters. The van der Waals surface area contributed by atoms with Crippen molar-refractivity contribution in [2.24, 2.45) is 11.1 Å². The summed E-state index contributed by atoms with van der Waals surface area (Å²) >= 11 is 0. The van der Waals surface area contributed by atoms with Crippen LogP contribution in [0.2, 0.25) is 0 Å². The van der Waals surface area contributed by atoms with E-state index in [2.05, 4.69) is 21.9 Å². The normalized spacial score (nSPS) is 21.5. The summed E-state index contributed by atoms with van der Waals surface area (Å²) in [4.78, 5) is 16.8. The molecule has 6 heteroatoms. The van der Waals surface area contributed by atoms with Crippen molar-refractivity contribution in [1.29, 1.82) is 0 Å². The fourth-order valence-corrected chi connectivity index (χ4v) is 3.07. The standard InChI is InChI=1S/C15H25N5O/c1-18-6-8-19(9-7-18)13-10-14(21)20(17-11-13)12-15(2-3-15)4-5-16/h10-11H,2-9,12,16H2,1H3. The zero-order valence-corrected chi connectivity index (χ0v) is 12.8. The third-order valence-electron chi connectivity index (χ3n) is 4.84. The maximum Gasteiger partial charge on any atom is 0.268 e. The fraction of sp³-hybridized carbons (Fsp3) is 0.733. The molecule has 6 nitrogen and oxygen atoms in total. The second-order valence-electron chi connectivity index (χ2n) is 6.54. The topological polar surface area (TPSA) is 67.4 Å². The Morgan fingerprint density at radius 2 is 2.00 bits per heavy atom. The van der Waals surface area contributed by atoms with Crippen LogP contribution in [0.4, 0.5) is 5.69 Å². The van der Waals surface area contributed by atoms with E-state index in [-0.39, 0.29) is 11.0 Å². The van der Waals surface area contributed by atoms with E-state index < -0.39 is 0 Å². The van der Waals surface area contributed by atoms with E-state index in [1.165, 1.54) is 12.8 Å². The highest BCUT2D eigenvalue weighted by atomic mass is 16.1. The lowest BCUT2D eigenvalue weighted by molar-refractivity contribution is 0.312. The van der Waals surface area contributed by atoms with E-state index in [4.69, 9.17) is 5.73 Å². The molecule has 21 heavy (non-hydrogen) atoms. The summed E-state index contributed by atoms with van der Waals surface area (Å²) in [7, 11) is 2.13. The van der Waals surface area contributed by atoms with Crippen LogP contribution in [-0.2, 0) is 6.54 Å². The zero-order valence-electron chi connectivity index (χ0n) is 12.8. The number of rotatable bonds is 5. The van der Waals surface area contributed by atoms with E-state index in [1.807, 2.05) is 6.20 Å². The van der Waals surface area contributed by atoms with Crippen LogP contribution in [0.5, 0.6) is 0 Å². The number of piperazine rings is 1. The Morgan fingerprint density at radius 1 is 1.29 bits per heavy atom. The van der Waals surface area contributed by atoms with E-state index in [0.29, 0.717) is 13.1 Å². The Bertz CT molecular complexity index is 543. The van der Waals surface area contributed by atoms with Crippen molar-refractivity contribution in [2.75, 3.05) is 44.7 Å². The number of anilines is 1. The predicted molar refractivity (Wildman–Crippen MR) is 83.5 cm³/mol. The van der Waals surface area contributed by atoms with Crippen molar-refractivity contribution in [2.45, 2.75) is 25.8 Å². The average Bonchev–Trinajstić information content (AvgIpc) is 3.22. The second-order valence-corrected chi connectivity index (χ2v) is 6.54. The molecule has 1 aliphatic carbocycles. The van der Waals surface area contributed by atoms with Gasteiger partial charge in [-0.2, -0.15) is 5.10 Å². The maximum atomic E-state index is 12.3. The molecule has 0 bridgehead atoms. The van der Waals surface area contributed by atoms with Crippen molar-refractivity contribution < 1.29 is 0 Å². The Hall–Kier alpha value is -1.40. The number of aromatic nitrogens is 2. The van der Waals surface area contributed by atoms with Crippen LogP contribution in [-0.4, -0.2) is 54.5 Å². The molecule has 0 amide bonds. The summed E-state index contributed by atoms with van der Waals surface area (Å²) < 4.78 is 1.61. The first kappa shape index (κ1) is 14.5. The van der Waals surface area contributed by atoms with Gasteiger partial charge in [0, 0.05) is 32.2 Å². The summed E-state index contributed by atoms with van der Waals surface area (Å²) in [6.45, 7) is 5.38. The van der Waals surface area contributed by atoms with Crippen LogP contribution in [0.25, 0.3) is 0 Å². The molecule has 2 aliphatic rings. The van der Waals surface area contributed by atoms with E-state index in [1.54, 1.807) is 10.7 Å². The van der Waals surface area contributed by atoms with Gasteiger partial charge < -0.3 is 15.5 Å². The summed E-state index contributed by atoms with van der Waals surface area (Å²) in [6.07, 6.45) is 5.16. The first-order chi connectivity index (χ1) is 10.1. The Labute approximate surface area is 125 Å². The van der Waals surface area contributed by atoms with E-state index in [9.17, 15) is 4.79 Å². The van der Waals surface area contributed by atoms with Gasteiger partial charge in [0.25, 0.3) is 5.56 Å². The number of likely N-dealkylation sites (N-methyl/N-ethyl adjacent to an activating group) is 1. The Kier molecular flexibility index (Phi) is 3.99. The van der Waals surface area contributed by atoms with Crippen LogP contribution < -0.4 is 16.2 Å². The molecule has 1 aliphatic heterocycles. The van der Waals surface area contributed by atoms with Gasteiger partial charge in [-0.25, -0.2) is 4.68 Å². The summed E-state index contributed by atoms with van der Waals surface area (Å²) in [5.74, 6) is 0. The molecule has 1 aromatic rings. The molecule has 0 spiro atoms. The van der Waals surface area contributed by atoms with E-state index in [0.717, 1.165) is 38.3 Å². The number of hydrogen-bond acceptors (Lipinski definition) is 5. The van der Waals surface area contributed by atoms with Crippen molar-refractivity contribution in [3.63, 3.8) is 0 Å². The van der Waals surface area contributed by atoms with Gasteiger partial charge in [0.05, 0.1) is 18.4 Å². The lowest BCUT2D eigenvalue weighted by atomic mass is 10.0. The monoisotopic (exact) mass is 291 g/mol. The van der Waals surface area contributed by atoms with Gasteiger partial charge >= 0.3 is 0 Å². The van der Waals surface area contributed by atoms with Crippen LogP contribution >= 0.6 is 0 Å². The molecule has 3 rings (SSSR count). The highest BCUT2D eigenvalue weighted by Gasteiger charge is 2.42. The smallest absolute Gasteiger partial charge is 0.268 e. The first-order valence-electron chi connectivity index (χ1n) is 7.83. The highest BCUT2D eigenvalue weighted by molar-refractivity contribution is 5.43. The molecular weight excluding hydrogens is 266 g/mol. The van der Waals surface area contributed by atoms with Gasteiger partial charge in [0.1, 0.15) is 0 Å². The minimum absolute atomic E-state index is 0.00900. The summed E-state index contributed by atoms with van der Waals surface area (Å²) in [5.41, 5.74) is 6.86. The Morgan fingerprint density at radius 3 is 2.57 bits per heavy atom. The van der Waals surface area contributed by atoms with Gasteiger partial charge in [0.15, 0.2) is 0 Å². The molecule has 1 aromatic heterocycles. The second kappa shape index (κ2) is 5.77. The molecule has 2 fully saturated rings. The van der Waals surface area contributed by atoms with Crippen molar-refractivity contribution >= 4 is 5.69 Å². The van der Waals surface area contributed by atoms with Crippen LogP contribution in [0, 0.1) is 5.41 Å². The van der Waals surface area contributed by atoms with Gasteiger partial charge in [0.2, 0.25) is 0 Å². The van der Waals surface area contributed by atoms with Crippen molar-refractivity contribution in [3.05, 3.63) is 22.6 Å². The molecule has 0 unspecified atom stereocenters. The van der Waals surface area contributed by atoms with Gasteiger partial charge in [-0.1, -0.05) is 0 Å². The molecule has 0 radical (unpaired) electrons. The lowest BCUT2D eigenvalue weighted by Gasteiger charge is -2.33. The van der Waals surface area contributed by atoms with Crippen LogP contribution in [0.15, 0.2) is 17.1 Å². The van der Waals surface area contributed by atoms with Crippen molar-refractivity contribution in [1.82, 2.24) is 14.7 Å². The van der Waals surface area contributed by atoms with E-state index >= 15 is 0 Å².